The Bertz CT molecular complexity index is 1160. The highest BCUT2D eigenvalue weighted by atomic mass is 32.2. The first-order valence-corrected chi connectivity index (χ1v) is 9.07. The Morgan fingerprint density at radius 3 is 2.58 bits per heavy atom. The minimum atomic E-state index is -3.79. The molecule has 0 aliphatic carbocycles. The number of carbonyl (C=O) groups excluding carboxylic acids is 1. The number of fused-ring (bicyclic) bond motifs is 3. The smallest absolute Gasteiger partial charge is 0.279 e. The van der Waals surface area contributed by atoms with E-state index < -0.39 is 10.0 Å². The molecule has 4 rings (SSSR count). The van der Waals surface area contributed by atoms with E-state index in [9.17, 15) is 13.2 Å². The second-order valence-electron chi connectivity index (χ2n) is 5.74. The van der Waals surface area contributed by atoms with Crippen molar-refractivity contribution < 1.29 is 13.2 Å². The average molecular weight is 369 g/mol. The van der Waals surface area contributed by atoms with Gasteiger partial charge in [0.2, 0.25) is 10.0 Å². The molecule has 0 saturated carbocycles. The number of nitrogens with one attached hydrogen (secondary N) is 1. The molecule has 3 N–H and O–H groups in total. The van der Waals surface area contributed by atoms with Gasteiger partial charge in [0.1, 0.15) is 0 Å². The van der Waals surface area contributed by atoms with Crippen LogP contribution in [-0.4, -0.2) is 37.8 Å². The summed E-state index contributed by atoms with van der Waals surface area (Å²) in [4.78, 5) is 14.2. The molecule has 0 atom stereocenters. The third-order valence-electron chi connectivity index (χ3n) is 4.17. The van der Waals surface area contributed by atoms with E-state index in [0.29, 0.717) is 22.3 Å². The third kappa shape index (κ3) is 2.52. The lowest BCUT2D eigenvalue weighted by molar-refractivity contribution is 0.0989. The van der Waals surface area contributed by atoms with E-state index in [0.717, 1.165) is 5.56 Å². The maximum absolute atomic E-state index is 12.8. The zero-order valence-electron chi connectivity index (χ0n) is 13.5. The summed E-state index contributed by atoms with van der Waals surface area (Å²) >= 11 is 0. The van der Waals surface area contributed by atoms with E-state index >= 15 is 0 Å². The molecular weight excluding hydrogens is 356 g/mol. The molecule has 1 aliphatic heterocycles. The quantitative estimate of drug-likeness (QED) is 0.713. The highest BCUT2D eigenvalue weighted by molar-refractivity contribution is 7.89. The first-order valence-electron chi connectivity index (χ1n) is 7.52. The number of H-pyrrole nitrogens is 1. The predicted octanol–water partition coefficient (Wildman–Crippen LogP) is 1.07. The minimum absolute atomic E-state index is 0.0223. The first-order chi connectivity index (χ1) is 12.4. The maximum Gasteiger partial charge on any atom is 0.279 e. The van der Waals surface area contributed by atoms with E-state index in [4.69, 9.17) is 5.14 Å². The maximum atomic E-state index is 12.8. The van der Waals surface area contributed by atoms with E-state index in [1.54, 1.807) is 25.4 Å². The van der Waals surface area contributed by atoms with Gasteiger partial charge in [-0.15, -0.1) is 0 Å². The number of anilines is 1. The Labute approximate surface area is 148 Å². The zero-order chi connectivity index (χ0) is 18.5. The fourth-order valence-electron chi connectivity index (χ4n) is 2.76. The molecule has 0 unspecified atom stereocenters. The second-order valence-corrected chi connectivity index (χ2v) is 7.30. The predicted molar refractivity (Wildman–Crippen MR) is 96.0 cm³/mol. The van der Waals surface area contributed by atoms with Crippen molar-refractivity contribution in [2.24, 2.45) is 10.2 Å². The summed E-state index contributed by atoms with van der Waals surface area (Å²) in [6.07, 6.45) is 1.61. The van der Waals surface area contributed by atoms with Crippen LogP contribution in [0.15, 0.2) is 46.4 Å². The third-order valence-corrected chi connectivity index (χ3v) is 5.10. The van der Waals surface area contributed by atoms with Gasteiger partial charge in [0.05, 0.1) is 22.3 Å². The van der Waals surface area contributed by atoms with Gasteiger partial charge in [-0.2, -0.15) is 15.6 Å². The van der Waals surface area contributed by atoms with E-state index in [-0.39, 0.29) is 16.5 Å². The Kier molecular flexibility index (Phi) is 3.53. The molecule has 2 aromatic carbocycles. The number of hydrogen-bond donors (Lipinski definition) is 2. The van der Waals surface area contributed by atoms with Crippen LogP contribution in [0.5, 0.6) is 0 Å². The van der Waals surface area contributed by atoms with Gasteiger partial charge in [0, 0.05) is 23.7 Å². The molecule has 10 heteroatoms. The van der Waals surface area contributed by atoms with E-state index in [2.05, 4.69) is 20.7 Å². The molecule has 1 radical (unpaired) electrons. The summed E-state index contributed by atoms with van der Waals surface area (Å²) in [5.74, 6) is -0.341. The number of sulfonamides is 1. The van der Waals surface area contributed by atoms with Crippen molar-refractivity contribution in [1.82, 2.24) is 15.6 Å². The van der Waals surface area contributed by atoms with Crippen molar-refractivity contribution in [3.8, 4) is 0 Å². The molecule has 0 fully saturated rings. The van der Waals surface area contributed by atoms with Gasteiger partial charge in [0.15, 0.2) is 5.69 Å². The molecule has 1 aromatic heterocycles. The fourth-order valence-corrected chi connectivity index (χ4v) is 3.28. The number of carbonyl (C=O) groups is 1. The topological polar surface area (TPSA) is 136 Å². The van der Waals surface area contributed by atoms with Crippen molar-refractivity contribution in [3.05, 3.63) is 47.7 Å². The summed E-state index contributed by atoms with van der Waals surface area (Å²) in [6.45, 7) is 0. The van der Waals surface area contributed by atoms with Crippen LogP contribution in [0, 0.1) is 0 Å². The molecule has 26 heavy (non-hydrogen) atoms. The van der Waals surface area contributed by atoms with Crippen LogP contribution in [0.3, 0.4) is 0 Å². The van der Waals surface area contributed by atoms with Crippen molar-refractivity contribution in [3.63, 3.8) is 0 Å². The second kappa shape index (κ2) is 5.64. The van der Waals surface area contributed by atoms with Crippen molar-refractivity contribution in [1.29, 1.82) is 0 Å². The summed E-state index contributed by atoms with van der Waals surface area (Å²) in [6, 6.07) is 9.26. The van der Waals surface area contributed by atoms with Crippen LogP contribution in [0.1, 0.15) is 16.1 Å². The molecule has 0 bridgehead atoms. The molecule has 1 amide bonds. The lowest BCUT2D eigenvalue weighted by Gasteiger charge is -2.16. The largest absolute Gasteiger partial charge is 0.310 e. The van der Waals surface area contributed by atoms with Gasteiger partial charge in [0.25, 0.3) is 5.91 Å². The summed E-state index contributed by atoms with van der Waals surface area (Å²) < 4.78 is 22.7. The fraction of sp³-hybridized carbons (Fsp3) is 0.0625. The molecule has 0 saturated heterocycles. The Morgan fingerprint density at radius 1 is 1.15 bits per heavy atom. The number of amides is 1. The highest BCUT2D eigenvalue weighted by Gasteiger charge is 2.23. The molecule has 9 nitrogen and oxygen atoms in total. The van der Waals surface area contributed by atoms with Crippen LogP contribution < -0.4 is 15.5 Å². The van der Waals surface area contributed by atoms with Crippen LogP contribution in [0.2, 0.25) is 0 Å². The van der Waals surface area contributed by atoms with Gasteiger partial charge in [-0.25, -0.2) is 13.6 Å². The number of nitrogens with zero attached hydrogens (tertiary/aromatic N) is 4. The standard InChI is InChI=1S/C16H13N6O3S/c1-22(9-2-4-10(5-3-9)26(17,24)25)16(23)15-11-6-7-13-12(8-18-19-13)14(11)20-21-15/h2-8H,1H3,(H,20,21)(H2,17,24,25). The molecule has 1 aliphatic rings. The van der Waals surface area contributed by atoms with Crippen LogP contribution in [0.25, 0.3) is 10.9 Å². The lowest BCUT2D eigenvalue weighted by Crippen LogP contribution is -2.26. The summed E-state index contributed by atoms with van der Waals surface area (Å²) in [5, 5.41) is 16.6. The van der Waals surface area contributed by atoms with Gasteiger partial charge in [-0.1, -0.05) is 0 Å². The van der Waals surface area contributed by atoms with Crippen LogP contribution in [-0.2, 0) is 10.0 Å². The summed E-state index contributed by atoms with van der Waals surface area (Å²) in [5.41, 5.74) is 6.93. The molecule has 3 aromatic rings. The number of aromatic amines is 1. The number of primary sulfonamides is 1. The van der Waals surface area contributed by atoms with Gasteiger partial charge in [-0.3, -0.25) is 9.89 Å². The lowest BCUT2D eigenvalue weighted by atomic mass is 10.1. The minimum Gasteiger partial charge on any atom is -0.310 e. The molecule has 131 valence electrons. The Hall–Kier alpha value is -3.24. The van der Waals surface area contributed by atoms with Crippen molar-refractivity contribution in [2.45, 2.75) is 4.90 Å². The van der Waals surface area contributed by atoms with E-state index in [1.807, 2.05) is 0 Å². The Morgan fingerprint density at radius 2 is 1.88 bits per heavy atom. The number of nitrogens with two attached hydrogens (primary N) is 1. The normalized spacial score (nSPS) is 12.8. The zero-order valence-corrected chi connectivity index (χ0v) is 14.4. The summed E-state index contributed by atoms with van der Waals surface area (Å²) in [7, 11) is -2.20. The molecule has 2 heterocycles. The van der Waals surface area contributed by atoms with Gasteiger partial charge >= 0.3 is 0 Å². The van der Waals surface area contributed by atoms with Gasteiger partial charge in [-0.05, 0) is 36.4 Å². The number of hydrogen-bond acceptors (Lipinski definition) is 5. The number of aromatic nitrogens is 2. The number of rotatable bonds is 3. The van der Waals surface area contributed by atoms with E-state index in [1.165, 1.54) is 29.2 Å². The average Bonchev–Trinajstić information content (AvgIpc) is 3.25. The first kappa shape index (κ1) is 16.2. The monoisotopic (exact) mass is 369 g/mol. The van der Waals surface area contributed by atoms with Gasteiger partial charge < -0.3 is 4.90 Å². The highest BCUT2D eigenvalue weighted by Crippen LogP contribution is 2.29. The molecular formula is C16H13N6O3S. The molecule has 0 spiro atoms. The van der Waals surface area contributed by atoms with Crippen molar-refractivity contribution >= 4 is 44.4 Å². The van der Waals surface area contributed by atoms with Crippen LogP contribution in [0.4, 0.5) is 11.4 Å². The number of benzene rings is 2. The Balaban J connectivity index is 1.69. The van der Waals surface area contributed by atoms with Crippen molar-refractivity contribution in [2.75, 3.05) is 11.9 Å². The SMILES string of the molecule is CN(C(=O)c1n[nH]c2c3c(ccc12)[N]N=C3)c1ccc(S(N)(=O)=O)cc1. The van der Waals surface area contributed by atoms with Crippen LogP contribution >= 0.6 is 0 Å².